The van der Waals surface area contributed by atoms with Gasteiger partial charge in [0, 0.05) is 13.1 Å². The van der Waals surface area contributed by atoms with Crippen molar-refractivity contribution in [3.8, 4) is 0 Å². The summed E-state index contributed by atoms with van der Waals surface area (Å²) in [6, 6.07) is 0. The summed E-state index contributed by atoms with van der Waals surface area (Å²) in [7, 11) is 3.59. The van der Waals surface area contributed by atoms with Crippen LogP contribution in [0, 0.1) is 5.92 Å². The topological polar surface area (TPSA) is 41.6 Å². The highest BCUT2D eigenvalue weighted by molar-refractivity contribution is 5.81. The van der Waals surface area contributed by atoms with Crippen LogP contribution in [0.25, 0.3) is 0 Å². The molecule has 0 radical (unpaired) electrons. The van der Waals surface area contributed by atoms with Crippen molar-refractivity contribution in [3.63, 3.8) is 0 Å². The Morgan fingerprint density at radius 1 is 1.44 bits per heavy atom. The Morgan fingerprint density at radius 3 is 2.56 bits per heavy atom. The van der Waals surface area contributed by atoms with E-state index in [1.807, 2.05) is 0 Å². The van der Waals surface area contributed by atoms with E-state index in [-0.39, 0.29) is 5.97 Å². The predicted octanol–water partition coefficient (Wildman–Crippen LogP) is 0.623. The molecule has 0 atom stereocenters. The maximum Gasteiger partial charge on any atom is 0.326 e. The quantitative estimate of drug-likeness (QED) is 0.714. The second-order valence-corrected chi connectivity index (χ2v) is 5.20. The minimum absolute atomic E-state index is 0.0822. The first-order chi connectivity index (χ1) is 7.66. The zero-order chi connectivity index (χ0) is 11.6. The van der Waals surface area contributed by atoms with Gasteiger partial charge in [-0.15, -0.1) is 0 Å². The van der Waals surface area contributed by atoms with Crippen LogP contribution in [0.4, 0.5) is 0 Å². The summed E-state index contributed by atoms with van der Waals surface area (Å²) in [5.74, 6) is 0.711. The fraction of sp³-hybridized carbons (Fsp3) is 0.917. The molecule has 1 N–H and O–H groups in total. The number of methoxy groups -OCH3 is 1. The Hall–Kier alpha value is -0.610. The molecule has 1 saturated carbocycles. The zero-order valence-corrected chi connectivity index (χ0v) is 10.3. The summed E-state index contributed by atoms with van der Waals surface area (Å²) in [4.78, 5) is 14.2. The van der Waals surface area contributed by atoms with Crippen molar-refractivity contribution in [1.29, 1.82) is 0 Å². The number of hydrogen-bond donors (Lipinski definition) is 1. The highest BCUT2D eigenvalue weighted by atomic mass is 16.5. The SMILES string of the molecule is COC(=O)C1(NCC2CC2)CCN(C)CC1. The van der Waals surface area contributed by atoms with Gasteiger partial charge in [0.05, 0.1) is 7.11 Å². The number of hydrogen-bond acceptors (Lipinski definition) is 4. The maximum absolute atomic E-state index is 11.9. The molecule has 0 unspecified atom stereocenters. The molecular weight excluding hydrogens is 204 g/mol. The van der Waals surface area contributed by atoms with Crippen LogP contribution in [-0.4, -0.2) is 50.2 Å². The van der Waals surface area contributed by atoms with Crippen LogP contribution in [0.2, 0.25) is 0 Å². The lowest BCUT2D eigenvalue weighted by Gasteiger charge is -2.39. The van der Waals surface area contributed by atoms with E-state index in [0.29, 0.717) is 0 Å². The van der Waals surface area contributed by atoms with Gasteiger partial charge < -0.3 is 15.0 Å². The number of likely N-dealkylation sites (tertiary alicyclic amines) is 1. The Balaban J connectivity index is 1.96. The number of nitrogens with zero attached hydrogens (tertiary/aromatic N) is 1. The minimum atomic E-state index is -0.413. The fourth-order valence-corrected chi connectivity index (χ4v) is 2.31. The van der Waals surface area contributed by atoms with Gasteiger partial charge in [-0.2, -0.15) is 0 Å². The monoisotopic (exact) mass is 226 g/mol. The lowest BCUT2D eigenvalue weighted by atomic mass is 9.87. The fourth-order valence-electron chi connectivity index (χ4n) is 2.31. The summed E-state index contributed by atoms with van der Waals surface area (Å²) < 4.78 is 4.96. The molecule has 4 heteroatoms. The number of carbonyl (C=O) groups excluding carboxylic acids is 1. The largest absolute Gasteiger partial charge is 0.468 e. The van der Waals surface area contributed by atoms with Crippen LogP contribution in [0.5, 0.6) is 0 Å². The number of rotatable bonds is 4. The second kappa shape index (κ2) is 4.72. The lowest BCUT2D eigenvalue weighted by Crippen LogP contribution is -2.58. The van der Waals surface area contributed by atoms with Crippen LogP contribution < -0.4 is 5.32 Å². The van der Waals surface area contributed by atoms with Crippen LogP contribution in [0.3, 0.4) is 0 Å². The van der Waals surface area contributed by atoms with Crippen LogP contribution >= 0.6 is 0 Å². The van der Waals surface area contributed by atoms with Crippen molar-refractivity contribution < 1.29 is 9.53 Å². The van der Waals surface area contributed by atoms with Crippen molar-refractivity contribution in [3.05, 3.63) is 0 Å². The zero-order valence-electron chi connectivity index (χ0n) is 10.3. The first-order valence-electron chi connectivity index (χ1n) is 6.18. The molecule has 0 bridgehead atoms. The summed E-state index contributed by atoms with van der Waals surface area (Å²) in [5.41, 5.74) is -0.413. The number of piperidine rings is 1. The van der Waals surface area contributed by atoms with Crippen molar-refractivity contribution >= 4 is 5.97 Å². The first kappa shape index (κ1) is 11.9. The number of carbonyl (C=O) groups is 1. The van der Waals surface area contributed by atoms with E-state index in [1.165, 1.54) is 20.0 Å². The van der Waals surface area contributed by atoms with Gasteiger partial charge in [-0.1, -0.05) is 0 Å². The maximum atomic E-state index is 11.9. The van der Waals surface area contributed by atoms with Crippen molar-refractivity contribution in [2.75, 3.05) is 33.8 Å². The molecule has 2 aliphatic rings. The summed E-state index contributed by atoms with van der Waals surface area (Å²) >= 11 is 0. The normalized spacial score (nSPS) is 25.4. The molecule has 0 aromatic heterocycles. The van der Waals surface area contributed by atoms with Gasteiger partial charge in [0.1, 0.15) is 5.54 Å². The average Bonchev–Trinajstić information content (AvgIpc) is 3.12. The molecule has 0 amide bonds. The van der Waals surface area contributed by atoms with Gasteiger partial charge in [-0.25, -0.2) is 0 Å². The van der Waals surface area contributed by atoms with Crippen molar-refractivity contribution in [2.45, 2.75) is 31.2 Å². The Labute approximate surface area is 97.3 Å². The predicted molar refractivity (Wildman–Crippen MR) is 62.2 cm³/mol. The highest BCUT2D eigenvalue weighted by Gasteiger charge is 2.42. The van der Waals surface area contributed by atoms with Crippen LogP contribution in [-0.2, 0) is 9.53 Å². The van der Waals surface area contributed by atoms with E-state index in [1.54, 1.807) is 0 Å². The molecule has 1 aliphatic carbocycles. The molecule has 16 heavy (non-hydrogen) atoms. The highest BCUT2D eigenvalue weighted by Crippen LogP contribution is 2.30. The van der Waals surface area contributed by atoms with E-state index >= 15 is 0 Å². The molecule has 1 heterocycles. The average molecular weight is 226 g/mol. The van der Waals surface area contributed by atoms with Gasteiger partial charge >= 0.3 is 5.97 Å². The molecule has 92 valence electrons. The third-order valence-electron chi connectivity index (χ3n) is 3.84. The molecule has 2 rings (SSSR count). The molecule has 2 fully saturated rings. The van der Waals surface area contributed by atoms with E-state index < -0.39 is 5.54 Å². The third kappa shape index (κ3) is 2.55. The third-order valence-corrected chi connectivity index (χ3v) is 3.84. The van der Waals surface area contributed by atoms with Crippen molar-refractivity contribution in [2.24, 2.45) is 5.92 Å². The van der Waals surface area contributed by atoms with Crippen LogP contribution in [0.15, 0.2) is 0 Å². The van der Waals surface area contributed by atoms with Crippen LogP contribution in [0.1, 0.15) is 25.7 Å². The Morgan fingerprint density at radius 2 is 2.06 bits per heavy atom. The first-order valence-corrected chi connectivity index (χ1v) is 6.18. The summed E-state index contributed by atoms with van der Waals surface area (Å²) in [5, 5.41) is 3.47. The number of ether oxygens (including phenoxy) is 1. The number of nitrogens with one attached hydrogen (secondary N) is 1. The smallest absolute Gasteiger partial charge is 0.326 e. The molecule has 0 spiro atoms. The van der Waals surface area contributed by atoms with E-state index in [4.69, 9.17) is 4.74 Å². The molecular formula is C12H22N2O2. The summed E-state index contributed by atoms with van der Waals surface area (Å²) in [6.07, 6.45) is 4.35. The lowest BCUT2D eigenvalue weighted by molar-refractivity contribution is -0.150. The van der Waals surface area contributed by atoms with Gasteiger partial charge in [-0.05, 0) is 45.2 Å². The summed E-state index contributed by atoms with van der Waals surface area (Å²) in [6.45, 7) is 2.90. The van der Waals surface area contributed by atoms with E-state index in [0.717, 1.165) is 38.4 Å². The minimum Gasteiger partial charge on any atom is -0.468 e. The Kier molecular flexibility index (Phi) is 3.50. The van der Waals surface area contributed by atoms with E-state index in [9.17, 15) is 4.79 Å². The van der Waals surface area contributed by atoms with Gasteiger partial charge in [0.2, 0.25) is 0 Å². The van der Waals surface area contributed by atoms with Gasteiger partial charge in [0.25, 0.3) is 0 Å². The molecule has 4 nitrogen and oxygen atoms in total. The van der Waals surface area contributed by atoms with Gasteiger partial charge in [-0.3, -0.25) is 4.79 Å². The van der Waals surface area contributed by atoms with Gasteiger partial charge in [0.15, 0.2) is 0 Å². The standard InChI is InChI=1S/C12H22N2O2/c1-14-7-5-12(6-8-14,11(15)16-2)13-9-10-3-4-10/h10,13H,3-9H2,1-2H3. The van der Waals surface area contributed by atoms with E-state index in [2.05, 4.69) is 17.3 Å². The molecule has 0 aromatic carbocycles. The molecule has 1 aliphatic heterocycles. The molecule has 1 saturated heterocycles. The molecule has 0 aromatic rings. The second-order valence-electron chi connectivity index (χ2n) is 5.20. The number of esters is 1. The Bertz CT molecular complexity index is 256. The van der Waals surface area contributed by atoms with Crippen molar-refractivity contribution in [1.82, 2.24) is 10.2 Å².